The second kappa shape index (κ2) is 5.20. The molecule has 5 heteroatoms. The third kappa shape index (κ3) is 2.47. The molecule has 0 atom stereocenters. The number of aromatic nitrogens is 3. The first-order chi connectivity index (χ1) is 8.83. The molecule has 3 heterocycles. The van der Waals surface area contributed by atoms with Crippen LogP contribution in [-0.4, -0.2) is 32.5 Å². The highest BCUT2D eigenvalue weighted by molar-refractivity contribution is 7.09. The molecular weight excluding hydrogens is 244 g/mol. The zero-order valence-electron chi connectivity index (χ0n) is 10.6. The zero-order valence-corrected chi connectivity index (χ0v) is 11.4. The van der Waals surface area contributed by atoms with Crippen LogP contribution in [0.25, 0.3) is 0 Å². The van der Waals surface area contributed by atoms with Crippen molar-refractivity contribution in [3.8, 4) is 0 Å². The van der Waals surface area contributed by atoms with Gasteiger partial charge in [-0.15, -0.1) is 11.3 Å². The molecule has 1 aliphatic rings. The van der Waals surface area contributed by atoms with Gasteiger partial charge in [0.2, 0.25) is 0 Å². The highest BCUT2D eigenvalue weighted by Gasteiger charge is 2.23. The Morgan fingerprint density at radius 1 is 1.28 bits per heavy atom. The molecule has 0 amide bonds. The van der Waals surface area contributed by atoms with E-state index in [2.05, 4.69) is 31.9 Å². The van der Waals surface area contributed by atoms with Crippen LogP contribution in [0.2, 0.25) is 0 Å². The Kier molecular flexibility index (Phi) is 3.43. The molecule has 0 unspecified atom stereocenters. The standard InChI is InChI=1S/C13H18N4S/c1-16-8-4-15-13(16)11-2-6-17(7-3-11)10-12-14-5-9-18-12/h4-5,8-9,11H,2-3,6-7,10H2,1H3. The lowest BCUT2D eigenvalue weighted by Crippen LogP contribution is -2.33. The Labute approximate surface area is 111 Å². The van der Waals surface area contributed by atoms with Gasteiger partial charge in [0.25, 0.3) is 0 Å². The molecule has 18 heavy (non-hydrogen) atoms. The largest absolute Gasteiger partial charge is 0.338 e. The van der Waals surface area contributed by atoms with Gasteiger partial charge in [-0.25, -0.2) is 9.97 Å². The SMILES string of the molecule is Cn1ccnc1C1CCN(Cc2nccs2)CC1. The van der Waals surface area contributed by atoms with Crippen molar-refractivity contribution in [3.63, 3.8) is 0 Å². The summed E-state index contributed by atoms with van der Waals surface area (Å²) in [6.07, 6.45) is 8.24. The van der Waals surface area contributed by atoms with Crippen molar-refractivity contribution in [1.29, 1.82) is 0 Å². The molecular formula is C13H18N4S. The molecule has 1 aliphatic heterocycles. The van der Waals surface area contributed by atoms with Crippen LogP contribution in [0.15, 0.2) is 24.0 Å². The van der Waals surface area contributed by atoms with Crippen LogP contribution in [0, 0.1) is 0 Å². The molecule has 0 aromatic carbocycles. The van der Waals surface area contributed by atoms with Gasteiger partial charge in [0.1, 0.15) is 10.8 Å². The fourth-order valence-electron chi connectivity index (χ4n) is 2.64. The van der Waals surface area contributed by atoms with Crippen LogP contribution in [0.1, 0.15) is 29.6 Å². The van der Waals surface area contributed by atoms with E-state index in [4.69, 9.17) is 0 Å². The summed E-state index contributed by atoms with van der Waals surface area (Å²) in [4.78, 5) is 11.3. The van der Waals surface area contributed by atoms with Crippen molar-refractivity contribution in [2.45, 2.75) is 25.3 Å². The first kappa shape index (κ1) is 11.9. The molecule has 0 aliphatic carbocycles. The first-order valence-corrected chi connectivity index (χ1v) is 7.29. The van der Waals surface area contributed by atoms with Gasteiger partial charge >= 0.3 is 0 Å². The molecule has 0 spiro atoms. The third-order valence-electron chi connectivity index (χ3n) is 3.65. The van der Waals surface area contributed by atoms with Gasteiger partial charge in [-0.05, 0) is 25.9 Å². The van der Waals surface area contributed by atoms with E-state index in [9.17, 15) is 0 Å². The fraction of sp³-hybridized carbons (Fsp3) is 0.538. The van der Waals surface area contributed by atoms with Gasteiger partial charge in [0.05, 0.1) is 6.54 Å². The van der Waals surface area contributed by atoms with E-state index in [1.807, 2.05) is 18.6 Å². The van der Waals surface area contributed by atoms with Crippen molar-refractivity contribution in [2.75, 3.05) is 13.1 Å². The quantitative estimate of drug-likeness (QED) is 0.851. The summed E-state index contributed by atoms with van der Waals surface area (Å²) >= 11 is 1.75. The molecule has 96 valence electrons. The number of aryl methyl sites for hydroxylation is 1. The lowest BCUT2D eigenvalue weighted by Gasteiger charge is -2.30. The molecule has 0 bridgehead atoms. The molecule has 0 saturated carbocycles. The van der Waals surface area contributed by atoms with Gasteiger partial charge in [-0.1, -0.05) is 0 Å². The summed E-state index contributed by atoms with van der Waals surface area (Å²) in [6.45, 7) is 3.30. The minimum absolute atomic E-state index is 0.623. The molecule has 1 fully saturated rings. The number of nitrogens with zero attached hydrogens (tertiary/aromatic N) is 4. The van der Waals surface area contributed by atoms with E-state index < -0.39 is 0 Å². The molecule has 2 aromatic heterocycles. The summed E-state index contributed by atoms with van der Waals surface area (Å²) in [6, 6.07) is 0. The van der Waals surface area contributed by atoms with Crippen LogP contribution < -0.4 is 0 Å². The highest BCUT2D eigenvalue weighted by Crippen LogP contribution is 2.27. The number of piperidine rings is 1. The minimum atomic E-state index is 0.623. The molecule has 0 N–H and O–H groups in total. The number of hydrogen-bond acceptors (Lipinski definition) is 4. The Morgan fingerprint density at radius 2 is 2.11 bits per heavy atom. The van der Waals surface area contributed by atoms with Crippen LogP contribution in [-0.2, 0) is 13.6 Å². The van der Waals surface area contributed by atoms with E-state index in [0.29, 0.717) is 5.92 Å². The van der Waals surface area contributed by atoms with Gasteiger partial charge in [-0.3, -0.25) is 4.90 Å². The fourth-order valence-corrected chi connectivity index (χ4v) is 3.30. The Bertz CT molecular complexity index is 483. The highest BCUT2D eigenvalue weighted by atomic mass is 32.1. The van der Waals surface area contributed by atoms with Crippen molar-refractivity contribution in [3.05, 3.63) is 34.8 Å². The number of rotatable bonds is 3. The summed E-state index contributed by atoms with van der Waals surface area (Å²) < 4.78 is 2.15. The summed E-state index contributed by atoms with van der Waals surface area (Å²) in [5.41, 5.74) is 0. The Hall–Kier alpha value is -1.20. The molecule has 1 saturated heterocycles. The predicted octanol–water partition coefficient (Wildman–Crippen LogP) is 2.26. The van der Waals surface area contributed by atoms with Crippen LogP contribution in [0.5, 0.6) is 0 Å². The van der Waals surface area contributed by atoms with Crippen LogP contribution in [0.3, 0.4) is 0 Å². The first-order valence-electron chi connectivity index (χ1n) is 6.41. The zero-order chi connectivity index (χ0) is 12.4. The molecule has 3 rings (SSSR count). The van der Waals surface area contributed by atoms with Gasteiger partial charge < -0.3 is 4.57 Å². The summed E-state index contributed by atoms with van der Waals surface area (Å²) in [5.74, 6) is 1.86. The predicted molar refractivity (Wildman–Crippen MR) is 72.6 cm³/mol. The Balaban J connectivity index is 1.57. The molecule has 0 radical (unpaired) electrons. The number of imidazole rings is 1. The van der Waals surface area contributed by atoms with Crippen LogP contribution in [0.4, 0.5) is 0 Å². The van der Waals surface area contributed by atoms with Crippen molar-refractivity contribution in [2.24, 2.45) is 7.05 Å². The number of thiazole rings is 1. The monoisotopic (exact) mass is 262 g/mol. The third-order valence-corrected chi connectivity index (χ3v) is 4.42. The smallest absolute Gasteiger partial charge is 0.111 e. The van der Waals surface area contributed by atoms with E-state index in [1.165, 1.54) is 23.7 Å². The van der Waals surface area contributed by atoms with E-state index in [0.717, 1.165) is 19.6 Å². The minimum Gasteiger partial charge on any atom is -0.338 e. The average molecular weight is 262 g/mol. The van der Waals surface area contributed by atoms with Crippen molar-refractivity contribution in [1.82, 2.24) is 19.4 Å². The Morgan fingerprint density at radius 3 is 2.72 bits per heavy atom. The second-order valence-electron chi connectivity index (χ2n) is 4.87. The lowest BCUT2D eigenvalue weighted by atomic mass is 9.96. The lowest BCUT2D eigenvalue weighted by molar-refractivity contribution is 0.200. The summed E-state index contributed by atoms with van der Waals surface area (Å²) in [5, 5.41) is 3.28. The van der Waals surface area contributed by atoms with E-state index in [-0.39, 0.29) is 0 Å². The summed E-state index contributed by atoms with van der Waals surface area (Å²) in [7, 11) is 2.09. The van der Waals surface area contributed by atoms with Crippen LogP contribution >= 0.6 is 11.3 Å². The average Bonchev–Trinajstić information content (AvgIpc) is 3.02. The van der Waals surface area contributed by atoms with E-state index >= 15 is 0 Å². The number of likely N-dealkylation sites (tertiary alicyclic amines) is 1. The molecule has 4 nitrogen and oxygen atoms in total. The van der Waals surface area contributed by atoms with E-state index in [1.54, 1.807) is 11.3 Å². The molecule has 2 aromatic rings. The van der Waals surface area contributed by atoms with Crippen molar-refractivity contribution >= 4 is 11.3 Å². The second-order valence-corrected chi connectivity index (χ2v) is 5.85. The normalized spacial score (nSPS) is 18.3. The van der Waals surface area contributed by atoms with Gasteiger partial charge in [0.15, 0.2) is 0 Å². The van der Waals surface area contributed by atoms with Gasteiger partial charge in [-0.2, -0.15) is 0 Å². The maximum absolute atomic E-state index is 4.47. The maximum Gasteiger partial charge on any atom is 0.111 e. The van der Waals surface area contributed by atoms with Gasteiger partial charge in [0, 0.05) is 36.9 Å². The maximum atomic E-state index is 4.47. The topological polar surface area (TPSA) is 34.0 Å². The van der Waals surface area contributed by atoms with Crippen molar-refractivity contribution < 1.29 is 0 Å². The number of hydrogen-bond donors (Lipinski definition) is 0.